The van der Waals surface area contributed by atoms with Crippen molar-refractivity contribution in [3.63, 3.8) is 0 Å². The van der Waals surface area contributed by atoms with Gasteiger partial charge in [0.2, 0.25) is 0 Å². The van der Waals surface area contributed by atoms with Gasteiger partial charge in [0.15, 0.2) is 11.5 Å². The van der Waals surface area contributed by atoms with E-state index >= 15 is 0 Å². The second-order valence-corrected chi connectivity index (χ2v) is 5.41. The summed E-state index contributed by atoms with van der Waals surface area (Å²) < 4.78 is 30.3. The van der Waals surface area contributed by atoms with Gasteiger partial charge in [0.1, 0.15) is 31.4 Å². The summed E-state index contributed by atoms with van der Waals surface area (Å²) in [7, 11) is 0. The maximum Gasteiger partial charge on any atom is 0.163 e. The molecule has 2 N–H and O–H groups in total. The Hall–Kier alpha value is -1.95. The molecule has 1 heterocycles. The van der Waals surface area contributed by atoms with E-state index in [0.717, 1.165) is 5.56 Å². The van der Waals surface area contributed by atoms with Crippen molar-refractivity contribution in [3.8, 4) is 17.2 Å². The lowest BCUT2D eigenvalue weighted by Gasteiger charge is -2.20. The van der Waals surface area contributed by atoms with Crippen molar-refractivity contribution in [1.82, 2.24) is 0 Å². The molecular weight excluding hydrogens is 341 g/mol. The Morgan fingerprint density at radius 1 is 1.14 bits per heavy atom. The van der Waals surface area contributed by atoms with Crippen LogP contribution in [0.1, 0.15) is 5.56 Å². The Morgan fingerprint density at radius 3 is 2.57 bits per heavy atom. The molecule has 0 spiro atoms. The third-order valence-electron chi connectivity index (χ3n) is 3.09. The highest BCUT2D eigenvalue weighted by atomic mass is 79.9. The molecule has 2 aromatic rings. The molecule has 0 saturated carbocycles. The number of hydrogen-bond acceptors (Lipinski definition) is 4. The Morgan fingerprint density at radius 2 is 1.86 bits per heavy atom. The van der Waals surface area contributed by atoms with Crippen LogP contribution in [0.3, 0.4) is 0 Å². The van der Waals surface area contributed by atoms with Crippen LogP contribution in [0.4, 0.5) is 10.1 Å². The summed E-state index contributed by atoms with van der Waals surface area (Å²) in [6.45, 7) is 1.25. The lowest BCUT2D eigenvalue weighted by atomic mass is 10.1. The summed E-state index contributed by atoms with van der Waals surface area (Å²) in [5.74, 6) is 1.35. The highest BCUT2D eigenvalue weighted by Gasteiger charge is 2.15. The molecule has 2 aromatic carbocycles. The number of nitrogen functional groups attached to an aromatic ring is 1. The number of rotatable bonds is 3. The van der Waals surface area contributed by atoms with Crippen molar-refractivity contribution in [3.05, 3.63) is 46.2 Å². The molecule has 1 aliphatic heterocycles. The van der Waals surface area contributed by atoms with Crippen LogP contribution in [0.5, 0.6) is 17.2 Å². The van der Waals surface area contributed by atoms with Gasteiger partial charge in [-0.25, -0.2) is 4.39 Å². The second-order valence-electron chi connectivity index (χ2n) is 4.56. The monoisotopic (exact) mass is 353 g/mol. The van der Waals surface area contributed by atoms with Gasteiger partial charge in [-0.3, -0.25) is 0 Å². The summed E-state index contributed by atoms with van der Waals surface area (Å²) >= 11 is 3.10. The van der Waals surface area contributed by atoms with E-state index in [2.05, 4.69) is 15.9 Å². The predicted octanol–water partition coefficient (Wildman–Crippen LogP) is 3.52. The molecule has 0 saturated heterocycles. The third-order valence-corrected chi connectivity index (χ3v) is 3.73. The number of fused-ring (bicyclic) bond motifs is 1. The zero-order chi connectivity index (χ0) is 14.8. The van der Waals surface area contributed by atoms with Crippen LogP contribution in [-0.4, -0.2) is 13.2 Å². The SMILES string of the molecule is Nc1cc2c(cc1COc1ccc(Br)c(F)c1)OCCO2. The van der Waals surface area contributed by atoms with Gasteiger partial charge in [0.05, 0.1) is 4.47 Å². The van der Waals surface area contributed by atoms with Crippen molar-refractivity contribution in [2.24, 2.45) is 0 Å². The molecule has 110 valence electrons. The van der Waals surface area contributed by atoms with Crippen LogP contribution in [0.25, 0.3) is 0 Å². The van der Waals surface area contributed by atoms with Crippen LogP contribution < -0.4 is 19.9 Å². The molecule has 4 nitrogen and oxygen atoms in total. The zero-order valence-electron chi connectivity index (χ0n) is 11.1. The zero-order valence-corrected chi connectivity index (χ0v) is 12.7. The lowest BCUT2D eigenvalue weighted by molar-refractivity contribution is 0.171. The summed E-state index contributed by atoms with van der Waals surface area (Å²) in [5, 5.41) is 0. The fraction of sp³-hybridized carbons (Fsp3) is 0.200. The standard InChI is InChI=1S/C15H13BrFNO3/c16-11-2-1-10(6-12(11)17)21-8-9-5-14-15(7-13(9)18)20-4-3-19-14/h1-2,5-7H,3-4,8,18H2. The maximum absolute atomic E-state index is 13.4. The van der Waals surface area contributed by atoms with E-state index in [4.69, 9.17) is 19.9 Å². The predicted molar refractivity (Wildman–Crippen MR) is 80.3 cm³/mol. The van der Waals surface area contributed by atoms with Crippen LogP contribution in [-0.2, 0) is 6.61 Å². The van der Waals surface area contributed by atoms with E-state index in [0.29, 0.717) is 40.6 Å². The van der Waals surface area contributed by atoms with Gasteiger partial charge in [0, 0.05) is 23.4 Å². The molecule has 0 atom stereocenters. The van der Waals surface area contributed by atoms with Crippen LogP contribution in [0.15, 0.2) is 34.8 Å². The maximum atomic E-state index is 13.4. The molecule has 0 amide bonds. The summed E-state index contributed by atoms with van der Waals surface area (Å²) in [6.07, 6.45) is 0. The Labute approximate surface area is 129 Å². The van der Waals surface area contributed by atoms with Crippen LogP contribution in [0, 0.1) is 5.82 Å². The smallest absolute Gasteiger partial charge is 0.163 e. The molecule has 1 aliphatic rings. The number of anilines is 1. The van der Waals surface area contributed by atoms with E-state index in [1.54, 1.807) is 24.3 Å². The fourth-order valence-corrected chi connectivity index (χ4v) is 2.25. The van der Waals surface area contributed by atoms with Crippen molar-refractivity contribution in [1.29, 1.82) is 0 Å². The second kappa shape index (κ2) is 5.81. The van der Waals surface area contributed by atoms with Gasteiger partial charge in [-0.2, -0.15) is 0 Å². The average molecular weight is 354 g/mol. The molecule has 0 aromatic heterocycles. The molecule has 3 rings (SSSR count). The third kappa shape index (κ3) is 3.05. The summed E-state index contributed by atoms with van der Waals surface area (Å²) in [5.41, 5.74) is 7.28. The van der Waals surface area contributed by atoms with Gasteiger partial charge in [-0.05, 0) is 34.1 Å². The molecule has 21 heavy (non-hydrogen) atoms. The highest BCUT2D eigenvalue weighted by Crippen LogP contribution is 2.35. The first kappa shape index (κ1) is 14.0. The minimum absolute atomic E-state index is 0.226. The van der Waals surface area contributed by atoms with E-state index in [1.807, 2.05) is 0 Å². The molecule has 0 bridgehead atoms. The van der Waals surface area contributed by atoms with Gasteiger partial charge in [-0.1, -0.05) is 0 Å². The minimum Gasteiger partial charge on any atom is -0.489 e. The minimum atomic E-state index is -0.373. The topological polar surface area (TPSA) is 53.7 Å². The van der Waals surface area contributed by atoms with Gasteiger partial charge < -0.3 is 19.9 Å². The number of benzene rings is 2. The summed E-state index contributed by atoms with van der Waals surface area (Å²) in [4.78, 5) is 0. The number of hydrogen-bond donors (Lipinski definition) is 1. The van der Waals surface area contributed by atoms with Crippen molar-refractivity contribution >= 4 is 21.6 Å². The quantitative estimate of drug-likeness (QED) is 0.857. The highest BCUT2D eigenvalue weighted by molar-refractivity contribution is 9.10. The van der Waals surface area contributed by atoms with E-state index in [-0.39, 0.29) is 12.4 Å². The first-order valence-electron chi connectivity index (χ1n) is 6.39. The molecule has 0 fully saturated rings. The normalized spacial score (nSPS) is 13.0. The number of nitrogens with two attached hydrogens (primary N) is 1. The molecule has 0 unspecified atom stereocenters. The molecule has 0 aliphatic carbocycles. The molecular formula is C15H13BrFNO3. The van der Waals surface area contributed by atoms with Crippen LogP contribution in [0.2, 0.25) is 0 Å². The van der Waals surface area contributed by atoms with E-state index in [9.17, 15) is 4.39 Å². The Bertz CT molecular complexity index is 678. The Kier molecular flexibility index (Phi) is 3.88. The van der Waals surface area contributed by atoms with Crippen molar-refractivity contribution in [2.45, 2.75) is 6.61 Å². The van der Waals surface area contributed by atoms with Gasteiger partial charge >= 0.3 is 0 Å². The van der Waals surface area contributed by atoms with Gasteiger partial charge in [-0.15, -0.1) is 0 Å². The number of halogens is 2. The van der Waals surface area contributed by atoms with Crippen molar-refractivity contribution in [2.75, 3.05) is 18.9 Å². The van der Waals surface area contributed by atoms with E-state index < -0.39 is 0 Å². The van der Waals surface area contributed by atoms with Crippen molar-refractivity contribution < 1.29 is 18.6 Å². The van der Waals surface area contributed by atoms with Gasteiger partial charge in [0.25, 0.3) is 0 Å². The molecule has 0 radical (unpaired) electrons. The Balaban J connectivity index is 1.77. The van der Waals surface area contributed by atoms with Crippen LogP contribution >= 0.6 is 15.9 Å². The number of ether oxygens (including phenoxy) is 3. The lowest BCUT2D eigenvalue weighted by Crippen LogP contribution is -2.16. The average Bonchev–Trinajstić information content (AvgIpc) is 2.48. The first-order chi connectivity index (χ1) is 10.1. The fourth-order valence-electron chi connectivity index (χ4n) is 2.00. The molecule has 6 heteroatoms. The first-order valence-corrected chi connectivity index (χ1v) is 7.18. The largest absolute Gasteiger partial charge is 0.489 e. The van der Waals surface area contributed by atoms with E-state index in [1.165, 1.54) is 6.07 Å². The summed E-state index contributed by atoms with van der Waals surface area (Å²) in [6, 6.07) is 8.10.